The van der Waals surface area contributed by atoms with E-state index in [1.165, 1.54) is 0 Å². The number of hydrogen-bond acceptors (Lipinski definition) is 3. The molecule has 2 rings (SSSR count). The smallest absolute Gasteiger partial charge is 0.240 e. The van der Waals surface area contributed by atoms with Crippen molar-refractivity contribution in [3.8, 4) is 6.07 Å². The van der Waals surface area contributed by atoms with E-state index in [0.29, 0.717) is 5.92 Å². The second-order valence-corrected chi connectivity index (χ2v) is 6.33. The van der Waals surface area contributed by atoms with E-state index in [1.807, 2.05) is 25.1 Å². The van der Waals surface area contributed by atoms with Crippen LogP contribution < -0.4 is 10.6 Å². The first kappa shape index (κ1) is 14.9. The van der Waals surface area contributed by atoms with Gasteiger partial charge in [-0.25, -0.2) is 0 Å². The monoisotopic (exact) mass is 335 g/mol. The molecule has 1 amide bonds. The van der Waals surface area contributed by atoms with Gasteiger partial charge in [0.1, 0.15) is 5.54 Å². The van der Waals surface area contributed by atoms with Crippen LogP contribution >= 0.6 is 15.9 Å². The summed E-state index contributed by atoms with van der Waals surface area (Å²) >= 11 is 3.46. The molecule has 0 heterocycles. The molecule has 0 radical (unpaired) electrons. The van der Waals surface area contributed by atoms with Gasteiger partial charge in [0, 0.05) is 10.2 Å². The average Bonchev–Trinajstić information content (AvgIpc) is 3.22. The fourth-order valence-electron chi connectivity index (χ4n) is 2.15. The highest BCUT2D eigenvalue weighted by Gasteiger charge is 2.42. The summed E-state index contributed by atoms with van der Waals surface area (Å²) in [6, 6.07) is 8.12. The minimum atomic E-state index is -0.733. The van der Waals surface area contributed by atoms with E-state index in [4.69, 9.17) is 0 Å². The molecule has 1 aromatic carbocycles. The standard InChI is InChI=1S/C15H18BrN3O/c1-10-3-6-13(12(16)7-10)18-8-14(20)19-15(2,9-17)11-4-5-11/h3,6-7,11,18H,4-5,8H2,1-2H3,(H,19,20). The first-order chi connectivity index (χ1) is 9.44. The van der Waals surface area contributed by atoms with Crippen LogP contribution in [0.3, 0.4) is 0 Å². The van der Waals surface area contributed by atoms with Crippen LogP contribution in [-0.4, -0.2) is 18.0 Å². The highest BCUT2D eigenvalue weighted by molar-refractivity contribution is 9.10. The summed E-state index contributed by atoms with van der Waals surface area (Å²) in [5.74, 6) is 0.135. The third-order valence-electron chi connectivity index (χ3n) is 3.59. The van der Waals surface area contributed by atoms with Crippen molar-refractivity contribution in [2.24, 2.45) is 5.92 Å². The van der Waals surface area contributed by atoms with Crippen molar-refractivity contribution in [2.45, 2.75) is 32.2 Å². The minimum Gasteiger partial charge on any atom is -0.375 e. The van der Waals surface area contributed by atoms with Crippen molar-refractivity contribution >= 4 is 27.5 Å². The van der Waals surface area contributed by atoms with Crippen molar-refractivity contribution in [2.75, 3.05) is 11.9 Å². The molecule has 1 atom stereocenters. The van der Waals surface area contributed by atoms with Gasteiger partial charge in [0.15, 0.2) is 0 Å². The number of carbonyl (C=O) groups excluding carboxylic acids is 1. The van der Waals surface area contributed by atoms with E-state index in [9.17, 15) is 10.1 Å². The molecule has 5 heteroatoms. The Bertz CT molecular complexity index is 563. The van der Waals surface area contributed by atoms with Crippen molar-refractivity contribution in [3.05, 3.63) is 28.2 Å². The molecule has 4 nitrogen and oxygen atoms in total. The van der Waals surface area contributed by atoms with Crippen LogP contribution in [-0.2, 0) is 4.79 Å². The predicted molar refractivity (Wildman–Crippen MR) is 82.3 cm³/mol. The van der Waals surface area contributed by atoms with Crippen molar-refractivity contribution in [3.63, 3.8) is 0 Å². The van der Waals surface area contributed by atoms with Crippen molar-refractivity contribution in [1.82, 2.24) is 5.32 Å². The Balaban J connectivity index is 1.90. The maximum absolute atomic E-state index is 12.0. The second kappa shape index (κ2) is 5.84. The summed E-state index contributed by atoms with van der Waals surface area (Å²) in [5.41, 5.74) is 1.29. The number of halogens is 1. The molecular formula is C15H18BrN3O. The lowest BCUT2D eigenvalue weighted by Gasteiger charge is -2.23. The molecule has 1 fully saturated rings. The second-order valence-electron chi connectivity index (χ2n) is 5.47. The summed E-state index contributed by atoms with van der Waals surface area (Å²) in [4.78, 5) is 12.0. The lowest BCUT2D eigenvalue weighted by Crippen LogP contribution is -2.48. The Kier molecular flexibility index (Phi) is 4.34. The molecule has 2 N–H and O–H groups in total. The molecule has 1 saturated carbocycles. The summed E-state index contributed by atoms with van der Waals surface area (Å²) in [6.07, 6.45) is 2.03. The number of nitrogens with zero attached hydrogens (tertiary/aromatic N) is 1. The van der Waals surface area contributed by atoms with Gasteiger partial charge in [0.05, 0.1) is 12.6 Å². The van der Waals surface area contributed by atoms with E-state index in [1.54, 1.807) is 6.92 Å². The molecule has 0 bridgehead atoms. The first-order valence-electron chi connectivity index (χ1n) is 6.67. The number of carbonyl (C=O) groups is 1. The number of amides is 1. The number of anilines is 1. The fourth-order valence-corrected chi connectivity index (χ4v) is 2.79. The number of nitriles is 1. The number of nitrogens with one attached hydrogen (secondary N) is 2. The van der Waals surface area contributed by atoms with Crippen LogP contribution in [0.2, 0.25) is 0 Å². The van der Waals surface area contributed by atoms with Gasteiger partial charge in [-0.2, -0.15) is 5.26 Å². The van der Waals surface area contributed by atoms with Crippen LogP contribution in [0, 0.1) is 24.2 Å². The van der Waals surface area contributed by atoms with Crippen molar-refractivity contribution < 1.29 is 4.79 Å². The summed E-state index contributed by atoms with van der Waals surface area (Å²) < 4.78 is 0.926. The zero-order valence-electron chi connectivity index (χ0n) is 11.7. The highest BCUT2D eigenvalue weighted by atomic mass is 79.9. The van der Waals surface area contributed by atoms with Gasteiger partial charge in [-0.05, 0) is 66.2 Å². The number of rotatable bonds is 5. The molecule has 0 spiro atoms. The zero-order valence-corrected chi connectivity index (χ0v) is 13.3. The summed E-state index contributed by atoms with van der Waals surface area (Å²) in [7, 11) is 0. The van der Waals surface area contributed by atoms with Crippen LogP contribution in [0.4, 0.5) is 5.69 Å². The number of aryl methyl sites for hydroxylation is 1. The van der Waals surface area contributed by atoms with Crippen LogP contribution in [0.15, 0.2) is 22.7 Å². The predicted octanol–water partition coefficient (Wildman–Crippen LogP) is 2.98. The fraction of sp³-hybridized carbons (Fsp3) is 0.467. The molecule has 1 unspecified atom stereocenters. The van der Waals surface area contributed by atoms with E-state index in [0.717, 1.165) is 28.6 Å². The Labute approximate surface area is 127 Å². The van der Waals surface area contributed by atoms with Crippen molar-refractivity contribution in [1.29, 1.82) is 5.26 Å². The highest BCUT2D eigenvalue weighted by Crippen LogP contribution is 2.39. The van der Waals surface area contributed by atoms with Gasteiger partial charge in [0.2, 0.25) is 5.91 Å². The Morgan fingerprint density at radius 2 is 2.25 bits per heavy atom. The van der Waals surface area contributed by atoms with E-state index < -0.39 is 5.54 Å². The van der Waals surface area contributed by atoms with E-state index in [2.05, 4.69) is 32.6 Å². The van der Waals surface area contributed by atoms with E-state index in [-0.39, 0.29) is 12.5 Å². The SMILES string of the molecule is Cc1ccc(NCC(=O)NC(C)(C#N)C2CC2)c(Br)c1. The van der Waals surface area contributed by atoms with E-state index >= 15 is 0 Å². The molecule has 1 aliphatic carbocycles. The van der Waals surface area contributed by atoms with Gasteiger partial charge in [-0.15, -0.1) is 0 Å². The van der Waals surface area contributed by atoms with Crippen LogP contribution in [0.25, 0.3) is 0 Å². The molecule has 0 aromatic heterocycles. The van der Waals surface area contributed by atoms with Gasteiger partial charge >= 0.3 is 0 Å². The molecule has 0 saturated heterocycles. The Hall–Kier alpha value is -1.54. The molecule has 0 aliphatic heterocycles. The molecular weight excluding hydrogens is 318 g/mol. The average molecular weight is 336 g/mol. The van der Waals surface area contributed by atoms with Gasteiger partial charge in [0.25, 0.3) is 0 Å². The number of benzene rings is 1. The Morgan fingerprint density at radius 3 is 2.80 bits per heavy atom. The maximum Gasteiger partial charge on any atom is 0.240 e. The third kappa shape index (κ3) is 3.51. The van der Waals surface area contributed by atoms with Gasteiger partial charge in [-0.1, -0.05) is 6.07 Å². The third-order valence-corrected chi connectivity index (χ3v) is 4.25. The summed E-state index contributed by atoms with van der Waals surface area (Å²) in [6.45, 7) is 3.96. The number of hydrogen-bond donors (Lipinski definition) is 2. The van der Waals surface area contributed by atoms with Crippen LogP contribution in [0.5, 0.6) is 0 Å². The quantitative estimate of drug-likeness (QED) is 0.869. The normalized spacial score (nSPS) is 16.9. The van der Waals surface area contributed by atoms with Gasteiger partial charge < -0.3 is 10.6 Å². The molecule has 106 valence electrons. The largest absolute Gasteiger partial charge is 0.375 e. The zero-order chi connectivity index (χ0) is 14.8. The molecule has 1 aromatic rings. The molecule has 20 heavy (non-hydrogen) atoms. The van der Waals surface area contributed by atoms with Gasteiger partial charge in [-0.3, -0.25) is 4.79 Å². The first-order valence-corrected chi connectivity index (χ1v) is 7.46. The Morgan fingerprint density at radius 1 is 1.55 bits per heavy atom. The lowest BCUT2D eigenvalue weighted by atomic mass is 9.98. The summed E-state index contributed by atoms with van der Waals surface area (Å²) in [5, 5.41) is 15.1. The lowest BCUT2D eigenvalue weighted by molar-refractivity contribution is -0.120. The topological polar surface area (TPSA) is 64.9 Å². The molecule has 1 aliphatic rings. The van der Waals surface area contributed by atoms with Crippen LogP contribution in [0.1, 0.15) is 25.3 Å². The minimum absolute atomic E-state index is 0.158. The maximum atomic E-state index is 12.0.